The van der Waals surface area contributed by atoms with Gasteiger partial charge >= 0.3 is 18.5 Å². The molecule has 0 bridgehead atoms. The van der Waals surface area contributed by atoms with Gasteiger partial charge in [0.1, 0.15) is 5.60 Å². The number of hydrogen-bond donors (Lipinski definition) is 2. The first-order valence-corrected chi connectivity index (χ1v) is 9.48. The molecule has 176 valence electrons. The van der Waals surface area contributed by atoms with Crippen LogP contribution in [0.5, 0.6) is 0 Å². The lowest BCUT2D eigenvalue weighted by Crippen LogP contribution is -2.46. The molecule has 0 amide bonds. The van der Waals surface area contributed by atoms with Crippen molar-refractivity contribution in [3.8, 4) is 0 Å². The Morgan fingerprint density at radius 3 is 1.47 bits per heavy atom. The highest BCUT2D eigenvalue weighted by atomic mass is 19.4. The Morgan fingerprint density at radius 1 is 0.688 bits per heavy atom. The van der Waals surface area contributed by atoms with Gasteiger partial charge in [-0.15, -0.1) is 0 Å². The highest BCUT2D eigenvalue weighted by Crippen LogP contribution is 2.44. The van der Waals surface area contributed by atoms with E-state index < -0.39 is 58.0 Å². The van der Waals surface area contributed by atoms with Crippen LogP contribution in [0.1, 0.15) is 46.2 Å². The number of rotatable bonds is 3. The number of nitrogens with one attached hydrogen (secondary N) is 1. The highest BCUT2D eigenvalue weighted by molar-refractivity contribution is 5.46. The van der Waals surface area contributed by atoms with Crippen molar-refractivity contribution in [1.82, 2.24) is 5.32 Å². The van der Waals surface area contributed by atoms with E-state index in [9.17, 15) is 44.6 Å². The molecule has 2 aromatic carbocycles. The number of alkyl halides is 9. The minimum atomic E-state index is -5.18. The van der Waals surface area contributed by atoms with Crippen LogP contribution in [0.2, 0.25) is 0 Å². The van der Waals surface area contributed by atoms with Crippen molar-refractivity contribution in [3.05, 3.63) is 69.8 Å². The Morgan fingerprint density at radius 2 is 1.06 bits per heavy atom. The van der Waals surface area contributed by atoms with Gasteiger partial charge in [0, 0.05) is 6.04 Å². The van der Waals surface area contributed by atoms with E-state index in [1.54, 1.807) is 0 Å². The predicted octanol–water partition coefficient (Wildman–Crippen LogP) is 6.04. The monoisotopic (exact) mass is 471 g/mol. The van der Waals surface area contributed by atoms with Gasteiger partial charge in [0.25, 0.3) is 0 Å². The lowest BCUT2D eigenvalue weighted by molar-refractivity contribution is -0.143. The molecule has 1 heterocycles. The molecule has 1 fully saturated rings. The quantitative estimate of drug-likeness (QED) is 0.535. The molecule has 1 aliphatic rings. The van der Waals surface area contributed by atoms with Crippen LogP contribution in [-0.4, -0.2) is 17.7 Å². The van der Waals surface area contributed by atoms with Crippen molar-refractivity contribution in [1.29, 1.82) is 0 Å². The fourth-order valence-corrected chi connectivity index (χ4v) is 3.95. The SMILES string of the molecule is Cc1cc(C(F)(F)F)cc([C@](O)(c2cc(C(F)(F)F)cc(C(F)(F)F)c2)C2CCCN2)c1. The fraction of sp³-hybridized carbons (Fsp3) is 0.429. The number of aryl methyl sites for hydroxylation is 1. The topological polar surface area (TPSA) is 32.3 Å². The van der Waals surface area contributed by atoms with Crippen LogP contribution in [-0.2, 0) is 24.1 Å². The molecule has 0 spiro atoms. The molecule has 0 radical (unpaired) electrons. The van der Waals surface area contributed by atoms with Crippen LogP contribution in [0.3, 0.4) is 0 Å². The standard InChI is InChI=1S/C21H18F9NO/c1-11-5-12(7-14(6-11)19(22,23)24)18(32,17-3-2-4-31-17)13-8-15(20(25,26)27)10-16(9-13)21(28,29)30/h5-10,17,31-32H,2-4H2,1H3/t17?,18-/m0/s1. The third-order valence-corrected chi connectivity index (χ3v) is 5.44. The van der Waals surface area contributed by atoms with Crippen LogP contribution < -0.4 is 5.32 Å². The maximum absolute atomic E-state index is 13.4. The van der Waals surface area contributed by atoms with E-state index in [2.05, 4.69) is 5.32 Å². The molecule has 0 saturated carbocycles. The van der Waals surface area contributed by atoms with Crippen molar-refractivity contribution in [3.63, 3.8) is 0 Å². The van der Waals surface area contributed by atoms with E-state index in [0.29, 0.717) is 24.6 Å². The van der Waals surface area contributed by atoms with Gasteiger partial charge in [0.05, 0.1) is 16.7 Å². The molecule has 32 heavy (non-hydrogen) atoms. The Bertz CT molecular complexity index is 956. The largest absolute Gasteiger partial charge is 0.416 e. The summed E-state index contributed by atoms with van der Waals surface area (Å²) >= 11 is 0. The summed E-state index contributed by atoms with van der Waals surface area (Å²) in [6.07, 6.45) is -14.6. The Kier molecular flexibility index (Phi) is 6.05. The summed E-state index contributed by atoms with van der Waals surface area (Å²) in [5.41, 5.74) is -8.29. The zero-order valence-corrected chi connectivity index (χ0v) is 16.5. The number of hydrogen-bond acceptors (Lipinski definition) is 2. The molecule has 0 aromatic heterocycles. The van der Waals surface area contributed by atoms with Gasteiger partial charge < -0.3 is 10.4 Å². The van der Waals surface area contributed by atoms with E-state index in [0.717, 1.165) is 12.1 Å². The molecule has 2 aromatic rings. The Balaban J connectivity index is 2.34. The first-order valence-electron chi connectivity index (χ1n) is 9.48. The zero-order valence-electron chi connectivity index (χ0n) is 16.5. The molecule has 1 unspecified atom stereocenters. The smallest absolute Gasteiger partial charge is 0.379 e. The summed E-state index contributed by atoms with van der Waals surface area (Å²) in [4.78, 5) is 0. The second-order valence-corrected chi connectivity index (χ2v) is 7.80. The van der Waals surface area contributed by atoms with Crippen molar-refractivity contribution in [2.75, 3.05) is 6.54 Å². The Hall–Kier alpha value is -2.27. The molecule has 11 heteroatoms. The average Bonchev–Trinajstić information content (AvgIpc) is 3.19. The summed E-state index contributed by atoms with van der Waals surface area (Å²) < 4.78 is 120. The molecular formula is C21H18F9NO. The Labute approximate surface area is 177 Å². The van der Waals surface area contributed by atoms with Crippen LogP contribution in [0.25, 0.3) is 0 Å². The van der Waals surface area contributed by atoms with Gasteiger partial charge in [-0.25, -0.2) is 0 Å². The number of aliphatic hydroxyl groups is 1. The van der Waals surface area contributed by atoms with Gasteiger partial charge in [-0.2, -0.15) is 39.5 Å². The summed E-state index contributed by atoms with van der Waals surface area (Å²) in [5.74, 6) is 0. The first kappa shape index (κ1) is 24.4. The maximum Gasteiger partial charge on any atom is 0.416 e. The minimum Gasteiger partial charge on any atom is -0.379 e. The molecule has 1 aliphatic heterocycles. The molecule has 2 N–H and O–H groups in total. The van der Waals surface area contributed by atoms with Gasteiger partial charge in [-0.1, -0.05) is 11.6 Å². The van der Waals surface area contributed by atoms with E-state index in [4.69, 9.17) is 0 Å². The summed E-state index contributed by atoms with van der Waals surface area (Å²) in [5, 5.41) is 14.4. The third kappa shape index (κ3) is 4.73. The van der Waals surface area contributed by atoms with E-state index >= 15 is 0 Å². The number of benzene rings is 2. The average molecular weight is 471 g/mol. The summed E-state index contributed by atoms with van der Waals surface area (Å²) in [6.45, 7) is 1.57. The summed E-state index contributed by atoms with van der Waals surface area (Å²) in [7, 11) is 0. The van der Waals surface area contributed by atoms with Gasteiger partial charge in [0.2, 0.25) is 0 Å². The van der Waals surface area contributed by atoms with Crippen molar-refractivity contribution < 1.29 is 44.6 Å². The fourth-order valence-electron chi connectivity index (χ4n) is 3.95. The van der Waals surface area contributed by atoms with Crippen molar-refractivity contribution in [2.45, 2.75) is 49.9 Å². The van der Waals surface area contributed by atoms with E-state index in [1.807, 2.05) is 0 Å². The van der Waals surface area contributed by atoms with Gasteiger partial charge in [-0.05, 0) is 67.8 Å². The predicted molar refractivity (Wildman–Crippen MR) is 96.7 cm³/mol. The van der Waals surface area contributed by atoms with E-state index in [1.165, 1.54) is 6.92 Å². The van der Waals surface area contributed by atoms with Crippen molar-refractivity contribution >= 4 is 0 Å². The second-order valence-electron chi connectivity index (χ2n) is 7.80. The molecule has 1 saturated heterocycles. The highest BCUT2D eigenvalue weighted by Gasteiger charge is 2.46. The summed E-state index contributed by atoms with van der Waals surface area (Å²) in [6, 6.07) is 1.97. The van der Waals surface area contributed by atoms with Crippen molar-refractivity contribution in [2.24, 2.45) is 0 Å². The second kappa shape index (κ2) is 7.95. The van der Waals surface area contributed by atoms with Crippen LogP contribution in [0, 0.1) is 6.92 Å². The lowest BCUT2D eigenvalue weighted by atomic mass is 9.77. The molecule has 3 rings (SSSR count). The van der Waals surface area contributed by atoms with Crippen LogP contribution in [0.15, 0.2) is 36.4 Å². The molecule has 2 nitrogen and oxygen atoms in total. The third-order valence-electron chi connectivity index (χ3n) is 5.44. The molecule has 2 atom stereocenters. The van der Waals surface area contributed by atoms with E-state index in [-0.39, 0.29) is 24.6 Å². The van der Waals surface area contributed by atoms with Crippen LogP contribution >= 0.6 is 0 Å². The van der Waals surface area contributed by atoms with Gasteiger partial charge in [0.15, 0.2) is 0 Å². The minimum absolute atomic E-state index is 0.0364. The van der Waals surface area contributed by atoms with Gasteiger partial charge in [-0.3, -0.25) is 0 Å². The molecule has 0 aliphatic carbocycles. The number of halogens is 9. The molecular weight excluding hydrogens is 453 g/mol. The zero-order chi connectivity index (χ0) is 24.1. The van der Waals surface area contributed by atoms with Crippen LogP contribution in [0.4, 0.5) is 39.5 Å². The normalized spacial score (nSPS) is 19.8. The first-order chi connectivity index (χ1) is 14.5. The lowest BCUT2D eigenvalue weighted by Gasteiger charge is -2.36. The maximum atomic E-state index is 13.4.